The number of carbonyl (C=O) groups excluding carboxylic acids is 1. The second kappa shape index (κ2) is 14.9. The molecule has 2 aromatic rings. The number of hydrogen-bond donors (Lipinski definition) is 1. The molecule has 10 heteroatoms. The Kier molecular flexibility index (Phi) is 12.0. The molecule has 0 heterocycles. The third kappa shape index (κ3) is 8.41. The fourth-order valence-corrected chi connectivity index (χ4v) is 4.13. The first-order valence-corrected chi connectivity index (χ1v) is 13.1. The van der Waals surface area contributed by atoms with Crippen LogP contribution in [0.2, 0.25) is 0 Å². The minimum atomic E-state index is -0.573. The summed E-state index contributed by atoms with van der Waals surface area (Å²) in [7, 11) is 0. The predicted octanol–water partition coefficient (Wildman–Crippen LogP) is 8.18. The van der Waals surface area contributed by atoms with E-state index < -0.39 is 4.92 Å². The Morgan fingerprint density at radius 3 is 2.31 bits per heavy atom. The van der Waals surface area contributed by atoms with Gasteiger partial charge in [-0.3, -0.25) is 14.9 Å². The average Bonchev–Trinajstić information content (AvgIpc) is 2.87. The molecule has 0 bridgehead atoms. The molecular formula is C26H33BrN6O3. The Morgan fingerprint density at radius 1 is 1.08 bits per heavy atom. The number of nitrogens with one attached hydrogen (secondary N) is 1. The molecule has 0 unspecified atom stereocenters. The zero-order valence-electron chi connectivity index (χ0n) is 21.1. The van der Waals surface area contributed by atoms with E-state index in [9.17, 15) is 20.2 Å². The number of benzene rings is 2. The Balaban J connectivity index is 2.45. The molecule has 2 rings (SSSR count). The maximum Gasteiger partial charge on any atom is 0.272 e. The molecule has 36 heavy (non-hydrogen) atoms. The number of unbranched alkanes of at least 4 members (excludes halogenated alkanes) is 4. The van der Waals surface area contributed by atoms with Crippen molar-refractivity contribution in [2.45, 2.75) is 65.7 Å². The zero-order chi connectivity index (χ0) is 26.5. The summed E-state index contributed by atoms with van der Waals surface area (Å²) in [5.41, 5.74) is 1.94. The van der Waals surface area contributed by atoms with Crippen molar-refractivity contribution in [3.05, 3.63) is 50.5 Å². The number of anilines is 2. The number of carbonyl (C=O) groups is 1. The van der Waals surface area contributed by atoms with Crippen LogP contribution in [0, 0.1) is 21.4 Å². The molecule has 0 atom stereocenters. The smallest absolute Gasteiger partial charge is 0.272 e. The maximum atomic E-state index is 12.3. The van der Waals surface area contributed by atoms with Gasteiger partial charge in [-0.1, -0.05) is 46.5 Å². The van der Waals surface area contributed by atoms with Gasteiger partial charge in [0.1, 0.15) is 17.4 Å². The normalized spacial score (nSPS) is 10.9. The van der Waals surface area contributed by atoms with Crippen molar-refractivity contribution in [2.24, 2.45) is 10.2 Å². The van der Waals surface area contributed by atoms with Crippen molar-refractivity contribution in [3.8, 4) is 6.07 Å². The van der Waals surface area contributed by atoms with Crippen molar-refractivity contribution >= 4 is 50.3 Å². The van der Waals surface area contributed by atoms with Gasteiger partial charge in [0.15, 0.2) is 0 Å². The van der Waals surface area contributed by atoms with Gasteiger partial charge in [0.2, 0.25) is 5.91 Å². The first-order chi connectivity index (χ1) is 17.3. The SMILES string of the molecule is CCCCCN(CCCCC)c1ccc(N=Nc2c(Br)cc([N+](=O)[O-])cc2C#N)c(NC(=O)CC)c1. The topological polar surface area (TPSA) is 124 Å². The lowest BCUT2D eigenvalue weighted by atomic mass is 10.1. The standard InChI is InChI=1S/C26H33BrN6O3/c1-4-7-9-13-32(14-10-8-5-2)20-11-12-23(24(17-20)29-25(34)6-3)30-31-26-19(18-28)15-21(33(35)36)16-22(26)27/h11-12,15-17H,4-10,13-14H2,1-3H3,(H,29,34). The minimum absolute atomic E-state index is 0.0219. The molecule has 0 saturated heterocycles. The summed E-state index contributed by atoms with van der Waals surface area (Å²) in [5.74, 6) is -0.152. The number of nitrogens with zero attached hydrogens (tertiary/aromatic N) is 5. The molecule has 0 aliphatic heterocycles. The molecule has 0 saturated carbocycles. The van der Waals surface area contributed by atoms with Crippen LogP contribution in [0.4, 0.5) is 28.4 Å². The molecule has 192 valence electrons. The van der Waals surface area contributed by atoms with Crippen LogP contribution in [0.3, 0.4) is 0 Å². The zero-order valence-corrected chi connectivity index (χ0v) is 22.7. The van der Waals surface area contributed by atoms with Gasteiger partial charge < -0.3 is 10.2 Å². The largest absolute Gasteiger partial charge is 0.371 e. The Bertz CT molecular complexity index is 1120. The average molecular weight is 557 g/mol. The highest BCUT2D eigenvalue weighted by Gasteiger charge is 2.16. The molecule has 0 aromatic heterocycles. The Labute approximate surface area is 220 Å². The Morgan fingerprint density at radius 2 is 1.75 bits per heavy atom. The summed E-state index contributed by atoms with van der Waals surface area (Å²) >= 11 is 3.26. The molecule has 0 aliphatic rings. The quantitative estimate of drug-likeness (QED) is 0.109. The van der Waals surface area contributed by atoms with Gasteiger partial charge in [-0.05, 0) is 47.0 Å². The van der Waals surface area contributed by atoms with Crippen LogP contribution in [0.15, 0.2) is 45.0 Å². The summed E-state index contributed by atoms with van der Waals surface area (Å²) in [6.07, 6.45) is 7.08. The van der Waals surface area contributed by atoms with E-state index in [2.05, 4.69) is 50.2 Å². The molecule has 0 fully saturated rings. The highest BCUT2D eigenvalue weighted by Crippen LogP contribution is 2.37. The second-order valence-electron chi connectivity index (χ2n) is 8.40. The molecule has 0 spiro atoms. The molecule has 0 aliphatic carbocycles. The number of azo groups is 1. The first kappa shape index (κ1) is 28.9. The third-order valence-corrected chi connectivity index (χ3v) is 6.25. The number of halogens is 1. The van der Waals surface area contributed by atoms with Crippen LogP contribution < -0.4 is 10.2 Å². The van der Waals surface area contributed by atoms with E-state index in [0.717, 1.165) is 63.4 Å². The predicted molar refractivity (Wildman–Crippen MR) is 146 cm³/mol. The lowest BCUT2D eigenvalue weighted by Crippen LogP contribution is -2.26. The number of hydrogen-bond acceptors (Lipinski definition) is 7. The van der Waals surface area contributed by atoms with Crippen LogP contribution in [-0.4, -0.2) is 23.9 Å². The number of rotatable bonds is 14. The van der Waals surface area contributed by atoms with E-state index in [1.165, 1.54) is 6.07 Å². The second-order valence-corrected chi connectivity index (χ2v) is 9.25. The lowest BCUT2D eigenvalue weighted by molar-refractivity contribution is -0.384. The van der Waals surface area contributed by atoms with Crippen molar-refractivity contribution in [1.82, 2.24) is 0 Å². The van der Waals surface area contributed by atoms with Crippen molar-refractivity contribution in [1.29, 1.82) is 5.26 Å². The number of non-ortho nitro benzene ring substituents is 1. The van der Waals surface area contributed by atoms with Crippen LogP contribution in [-0.2, 0) is 4.79 Å². The van der Waals surface area contributed by atoms with Crippen LogP contribution in [0.25, 0.3) is 0 Å². The molecule has 1 amide bonds. The highest BCUT2D eigenvalue weighted by molar-refractivity contribution is 9.10. The number of nitriles is 1. The fraction of sp³-hybridized carbons (Fsp3) is 0.462. The minimum Gasteiger partial charge on any atom is -0.371 e. The number of amides is 1. The highest BCUT2D eigenvalue weighted by atomic mass is 79.9. The van der Waals surface area contributed by atoms with Crippen LogP contribution in [0.1, 0.15) is 71.3 Å². The maximum absolute atomic E-state index is 12.3. The number of nitro benzene ring substituents is 1. The van der Waals surface area contributed by atoms with E-state index in [1.807, 2.05) is 18.2 Å². The van der Waals surface area contributed by atoms with E-state index in [4.69, 9.17) is 0 Å². The van der Waals surface area contributed by atoms with E-state index in [0.29, 0.717) is 17.8 Å². The molecule has 0 radical (unpaired) electrons. The summed E-state index contributed by atoms with van der Waals surface area (Å²) in [6, 6.07) is 10.0. The fourth-order valence-electron chi connectivity index (χ4n) is 3.60. The number of nitro groups is 1. The molecule has 2 aromatic carbocycles. The van der Waals surface area contributed by atoms with Crippen molar-refractivity contribution in [2.75, 3.05) is 23.3 Å². The van der Waals surface area contributed by atoms with Gasteiger partial charge in [-0.15, -0.1) is 10.2 Å². The molecular weight excluding hydrogens is 524 g/mol. The van der Waals surface area contributed by atoms with Crippen molar-refractivity contribution in [3.63, 3.8) is 0 Å². The van der Waals surface area contributed by atoms with E-state index >= 15 is 0 Å². The van der Waals surface area contributed by atoms with Gasteiger partial charge >= 0.3 is 0 Å². The van der Waals surface area contributed by atoms with Crippen molar-refractivity contribution < 1.29 is 9.72 Å². The monoisotopic (exact) mass is 556 g/mol. The van der Waals surface area contributed by atoms with E-state index in [-0.39, 0.29) is 27.3 Å². The molecule has 1 N–H and O–H groups in total. The van der Waals surface area contributed by atoms with Gasteiger partial charge in [0.05, 0.1) is 20.6 Å². The van der Waals surface area contributed by atoms with E-state index in [1.54, 1.807) is 13.0 Å². The third-order valence-electron chi connectivity index (χ3n) is 5.64. The van der Waals surface area contributed by atoms with Crippen LogP contribution in [0.5, 0.6) is 0 Å². The van der Waals surface area contributed by atoms with Gasteiger partial charge in [0, 0.05) is 37.3 Å². The van der Waals surface area contributed by atoms with Gasteiger partial charge in [-0.25, -0.2) is 0 Å². The Hall–Kier alpha value is -3.32. The lowest BCUT2D eigenvalue weighted by Gasteiger charge is -2.26. The van der Waals surface area contributed by atoms with Gasteiger partial charge in [-0.2, -0.15) is 5.26 Å². The summed E-state index contributed by atoms with van der Waals surface area (Å²) in [6.45, 7) is 8.00. The van der Waals surface area contributed by atoms with Gasteiger partial charge in [0.25, 0.3) is 5.69 Å². The van der Waals surface area contributed by atoms with Crippen LogP contribution >= 0.6 is 15.9 Å². The summed E-state index contributed by atoms with van der Waals surface area (Å²) < 4.78 is 0.283. The molecule has 9 nitrogen and oxygen atoms in total. The first-order valence-electron chi connectivity index (χ1n) is 12.3. The summed E-state index contributed by atoms with van der Waals surface area (Å²) in [4.78, 5) is 25.1. The summed E-state index contributed by atoms with van der Waals surface area (Å²) in [5, 5.41) is 32.0.